The average molecular weight is 459 g/mol. The number of nitrogens with two attached hydrogens (primary N) is 1. The number of likely N-dealkylation sites (tertiary alicyclic amines) is 1. The second-order valence-electron chi connectivity index (χ2n) is 10.0. The summed E-state index contributed by atoms with van der Waals surface area (Å²) in [6.07, 6.45) is 0.920. The summed E-state index contributed by atoms with van der Waals surface area (Å²) in [4.78, 5) is 52.6. The van der Waals surface area contributed by atoms with Crippen LogP contribution in [0.3, 0.4) is 0 Å². The monoisotopic (exact) mass is 458 g/mol. The molecule has 0 aliphatic carbocycles. The Morgan fingerprint density at radius 2 is 1.94 bits per heavy atom. The SMILES string of the molecule is Cc1cc(C(=O)N[C@H](C(=O)N2CCC[C@H]2C(=O)N[C@H]2CC(=O)OC2C)C(C)(C)C)ccc1N. The summed E-state index contributed by atoms with van der Waals surface area (Å²) < 4.78 is 5.11. The van der Waals surface area contributed by atoms with Crippen LogP contribution in [0.5, 0.6) is 0 Å². The minimum atomic E-state index is -0.827. The van der Waals surface area contributed by atoms with Gasteiger partial charge in [-0.05, 0) is 55.9 Å². The van der Waals surface area contributed by atoms with Crippen LogP contribution >= 0.6 is 0 Å². The summed E-state index contributed by atoms with van der Waals surface area (Å²) in [6.45, 7) is 9.60. The van der Waals surface area contributed by atoms with E-state index in [-0.39, 0.29) is 30.1 Å². The smallest absolute Gasteiger partial charge is 0.308 e. The topological polar surface area (TPSA) is 131 Å². The van der Waals surface area contributed by atoms with E-state index in [4.69, 9.17) is 10.5 Å². The van der Waals surface area contributed by atoms with Gasteiger partial charge in [0, 0.05) is 17.8 Å². The van der Waals surface area contributed by atoms with Crippen molar-refractivity contribution in [1.82, 2.24) is 15.5 Å². The number of cyclic esters (lactones) is 1. The lowest BCUT2D eigenvalue weighted by molar-refractivity contribution is -0.142. The normalized spacial score (nSPS) is 23.7. The molecule has 9 nitrogen and oxygen atoms in total. The number of hydrogen-bond donors (Lipinski definition) is 3. The van der Waals surface area contributed by atoms with E-state index in [0.717, 1.165) is 5.56 Å². The van der Waals surface area contributed by atoms with Crippen molar-refractivity contribution in [1.29, 1.82) is 0 Å². The number of carbonyl (C=O) groups excluding carboxylic acids is 4. The Morgan fingerprint density at radius 3 is 2.52 bits per heavy atom. The van der Waals surface area contributed by atoms with E-state index in [1.807, 2.05) is 27.7 Å². The highest BCUT2D eigenvalue weighted by atomic mass is 16.6. The molecular formula is C24H34N4O5. The van der Waals surface area contributed by atoms with Crippen LogP contribution < -0.4 is 16.4 Å². The number of esters is 1. The molecule has 4 atom stereocenters. The first-order chi connectivity index (χ1) is 15.4. The standard InChI is InChI=1S/C24H34N4O5/c1-13-11-15(8-9-16(13)25)21(30)27-20(24(3,4)5)23(32)28-10-6-7-18(28)22(31)26-17-12-19(29)33-14(17)2/h8-9,11,14,17-18,20H,6-7,10,12,25H2,1-5H3,(H,26,31)(H,27,30)/t14?,17-,18-,20+/m0/s1. The third kappa shape index (κ3) is 5.46. The van der Waals surface area contributed by atoms with Gasteiger partial charge in [-0.2, -0.15) is 0 Å². The van der Waals surface area contributed by atoms with Gasteiger partial charge in [-0.15, -0.1) is 0 Å². The summed E-state index contributed by atoms with van der Waals surface area (Å²) in [5.74, 6) is -1.32. The molecule has 0 aromatic heterocycles. The summed E-state index contributed by atoms with van der Waals surface area (Å²) in [5.41, 5.74) is 7.05. The molecule has 9 heteroatoms. The fourth-order valence-electron chi connectivity index (χ4n) is 4.28. The molecule has 2 fully saturated rings. The van der Waals surface area contributed by atoms with Gasteiger partial charge in [-0.3, -0.25) is 19.2 Å². The molecule has 2 aliphatic rings. The molecule has 2 aliphatic heterocycles. The lowest BCUT2D eigenvalue weighted by Crippen LogP contribution is -2.58. The Balaban J connectivity index is 1.75. The predicted molar refractivity (Wildman–Crippen MR) is 123 cm³/mol. The molecule has 3 rings (SSSR count). The molecule has 1 unspecified atom stereocenters. The highest BCUT2D eigenvalue weighted by Crippen LogP contribution is 2.27. The minimum absolute atomic E-state index is 0.120. The van der Waals surface area contributed by atoms with Crippen molar-refractivity contribution >= 4 is 29.4 Å². The molecule has 0 radical (unpaired) electrons. The van der Waals surface area contributed by atoms with E-state index in [1.165, 1.54) is 0 Å². The third-order valence-corrected chi connectivity index (χ3v) is 6.36. The third-order valence-electron chi connectivity index (χ3n) is 6.36. The number of carbonyl (C=O) groups is 4. The molecule has 0 saturated carbocycles. The van der Waals surface area contributed by atoms with Gasteiger partial charge in [0.05, 0.1) is 12.5 Å². The molecule has 0 spiro atoms. The van der Waals surface area contributed by atoms with Gasteiger partial charge in [0.25, 0.3) is 5.91 Å². The Bertz CT molecular complexity index is 955. The van der Waals surface area contributed by atoms with E-state index in [0.29, 0.717) is 30.6 Å². The van der Waals surface area contributed by atoms with E-state index in [1.54, 1.807) is 30.0 Å². The number of rotatable bonds is 5. The lowest BCUT2D eigenvalue weighted by atomic mass is 9.85. The van der Waals surface area contributed by atoms with Crippen molar-refractivity contribution in [3.8, 4) is 0 Å². The van der Waals surface area contributed by atoms with Gasteiger partial charge in [-0.1, -0.05) is 20.8 Å². The van der Waals surface area contributed by atoms with E-state index in [2.05, 4.69) is 10.6 Å². The first-order valence-corrected chi connectivity index (χ1v) is 11.4. The molecule has 2 heterocycles. The summed E-state index contributed by atoms with van der Waals surface area (Å²) in [7, 11) is 0. The van der Waals surface area contributed by atoms with Crippen LogP contribution in [0, 0.1) is 12.3 Å². The molecule has 1 aromatic carbocycles. The Kier molecular flexibility index (Phi) is 7.00. The first kappa shape index (κ1) is 24.5. The second-order valence-corrected chi connectivity index (χ2v) is 10.0. The zero-order valence-corrected chi connectivity index (χ0v) is 19.9. The van der Waals surface area contributed by atoms with Crippen LogP contribution in [0.15, 0.2) is 18.2 Å². The second kappa shape index (κ2) is 9.41. The molecule has 180 valence electrons. The molecule has 33 heavy (non-hydrogen) atoms. The number of aryl methyl sites for hydroxylation is 1. The van der Waals surface area contributed by atoms with Gasteiger partial charge in [0.2, 0.25) is 11.8 Å². The first-order valence-electron chi connectivity index (χ1n) is 11.4. The number of nitrogens with one attached hydrogen (secondary N) is 2. The van der Waals surface area contributed by atoms with Crippen LogP contribution in [0.1, 0.15) is 62.9 Å². The highest BCUT2D eigenvalue weighted by Gasteiger charge is 2.43. The van der Waals surface area contributed by atoms with Crippen LogP contribution in [-0.2, 0) is 19.1 Å². The quantitative estimate of drug-likeness (QED) is 0.453. The summed E-state index contributed by atoms with van der Waals surface area (Å²) in [6, 6.07) is 3.09. The van der Waals surface area contributed by atoms with Crippen molar-refractivity contribution in [3.05, 3.63) is 29.3 Å². The van der Waals surface area contributed by atoms with Crippen LogP contribution in [0.2, 0.25) is 0 Å². The zero-order valence-electron chi connectivity index (χ0n) is 19.9. The van der Waals surface area contributed by atoms with Crippen LogP contribution in [0.25, 0.3) is 0 Å². The Morgan fingerprint density at radius 1 is 1.24 bits per heavy atom. The molecule has 0 bridgehead atoms. The fraction of sp³-hybridized carbons (Fsp3) is 0.583. The van der Waals surface area contributed by atoms with Crippen molar-refractivity contribution in [3.63, 3.8) is 0 Å². The minimum Gasteiger partial charge on any atom is -0.460 e. The van der Waals surface area contributed by atoms with Gasteiger partial charge < -0.3 is 26.0 Å². The van der Waals surface area contributed by atoms with Gasteiger partial charge >= 0.3 is 5.97 Å². The number of anilines is 1. The number of benzene rings is 1. The van der Waals surface area contributed by atoms with Gasteiger partial charge in [-0.25, -0.2) is 0 Å². The van der Waals surface area contributed by atoms with Crippen molar-refractivity contribution in [2.24, 2.45) is 5.41 Å². The van der Waals surface area contributed by atoms with Gasteiger partial charge in [0.1, 0.15) is 18.2 Å². The zero-order chi connectivity index (χ0) is 24.5. The van der Waals surface area contributed by atoms with Crippen molar-refractivity contribution in [2.45, 2.75) is 78.1 Å². The fourth-order valence-corrected chi connectivity index (χ4v) is 4.28. The summed E-state index contributed by atoms with van der Waals surface area (Å²) >= 11 is 0. The maximum atomic E-state index is 13.6. The van der Waals surface area contributed by atoms with Crippen LogP contribution in [-0.4, -0.2) is 59.4 Å². The number of nitrogens with zero attached hydrogens (tertiary/aromatic N) is 1. The Hall–Kier alpha value is -3.10. The largest absolute Gasteiger partial charge is 0.460 e. The molecule has 2 saturated heterocycles. The Labute approximate surface area is 194 Å². The van der Waals surface area contributed by atoms with E-state index < -0.39 is 29.6 Å². The molecule has 4 N–H and O–H groups in total. The van der Waals surface area contributed by atoms with Crippen molar-refractivity contribution in [2.75, 3.05) is 12.3 Å². The summed E-state index contributed by atoms with van der Waals surface area (Å²) in [5, 5.41) is 5.74. The number of hydrogen-bond acceptors (Lipinski definition) is 6. The van der Waals surface area contributed by atoms with Gasteiger partial charge in [0.15, 0.2) is 0 Å². The highest BCUT2D eigenvalue weighted by molar-refractivity contribution is 5.99. The molecular weight excluding hydrogens is 424 g/mol. The average Bonchev–Trinajstić information content (AvgIpc) is 3.33. The van der Waals surface area contributed by atoms with Crippen LogP contribution in [0.4, 0.5) is 5.69 Å². The molecule has 3 amide bonds. The van der Waals surface area contributed by atoms with Crippen molar-refractivity contribution < 1.29 is 23.9 Å². The number of nitrogen functional groups attached to an aromatic ring is 1. The molecule has 1 aromatic rings. The maximum Gasteiger partial charge on any atom is 0.308 e. The van der Waals surface area contributed by atoms with E-state index in [9.17, 15) is 19.2 Å². The lowest BCUT2D eigenvalue weighted by Gasteiger charge is -2.35. The number of ether oxygens (including phenoxy) is 1. The van der Waals surface area contributed by atoms with E-state index >= 15 is 0 Å². The number of amides is 3. The maximum absolute atomic E-state index is 13.6. The predicted octanol–water partition coefficient (Wildman–Crippen LogP) is 1.53.